The monoisotopic (exact) mass is 373 g/mol. The number of fused-ring (bicyclic) bond motifs is 1. The minimum Gasteiger partial charge on any atom is -0.310 e. The molecule has 0 saturated carbocycles. The van der Waals surface area contributed by atoms with Gasteiger partial charge >= 0.3 is 0 Å². The molecule has 0 atom stereocenters. The number of nitrogens with one attached hydrogen (secondary N) is 1. The number of hydrogen-bond donors (Lipinski definition) is 1. The number of nitrogens with zero attached hydrogens (tertiary/aromatic N) is 4. The van der Waals surface area contributed by atoms with E-state index in [1.807, 2.05) is 84.6 Å². The lowest BCUT2D eigenvalue weighted by Gasteiger charge is -2.08. The maximum atomic E-state index is 12.8. The summed E-state index contributed by atoms with van der Waals surface area (Å²) >= 11 is 0. The summed E-state index contributed by atoms with van der Waals surface area (Å²) < 4.78 is 3.90. The van der Waals surface area contributed by atoms with E-state index in [1.54, 1.807) is 0 Å². The second kappa shape index (κ2) is 7.31. The molecule has 0 aliphatic rings. The summed E-state index contributed by atoms with van der Waals surface area (Å²) in [5.41, 5.74) is 5.67. The van der Waals surface area contributed by atoms with Gasteiger partial charge in [-0.3, -0.25) is 10.1 Å². The smallest absolute Gasteiger partial charge is 0.231 e. The third-order valence-corrected chi connectivity index (χ3v) is 5.00. The van der Waals surface area contributed by atoms with Crippen LogP contribution in [0.4, 0.5) is 5.95 Å². The first-order valence-electron chi connectivity index (χ1n) is 9.44. The minimum absolute atomic E-state index is 0.0937. The number of hydrogen-bond acceptors (Lipinski definition) is 3. The number of carbonyl (C=O) groups is 1. The Labute approximate surface area is 163 Å². The van der Waals surface area contributed by atoms with Gasteiger partial charge in [0.1, 0.15) is 0 Å². The molecule has 28 heavy (non-hydrogen) atoms. The van der Waals surface area contributed by atoms with Crippen molar-refractivity contribution in [1.29, 1.82) is 0 Å². The van der Waals surface area contributed by atoms with Crippen molar-refractivity contribution in [2.24, 2.45) is 0 Å². The number of amides is 1. The van der Waals surface area contributed by atoms with Gasteiger partial charge in [-0.2, -0.15) is 5.10 Å². The van der Waals surface area contributed by atoms with E-state index in [9.17, 15) is 4.79 Å². The molecular weight excluding hydrogens is 350 g/mol. The summed E-state index contributed by atoms with van der Waals surface area (Å²) in [5, 5.41) is 7.60. The van der Waals surface area contributed by atoms with Crippen LogP contribution in [0.15, 0.2) is 54.6 Å². The van der Waals surface area contributed by atoms with Crippen LogP contribution in [0, 0.1) is 13.8 Å². The van der Waals surface area contributed by atoms with Crippen LogP contribution < -0.4 is 5.32 Å². The zero-order valence-electron chi connectivity index (χ0n) is 16.3. The molecule has 0 aliphatic heterocycles. The predicted octanol–water partition coefficient (Wildman–Crippen LogP) is 4.04. The average molecular weight is 373 g/mol. The Morgan fingerprint density at radius 1 is 1.04 bits per heavy atom. The van der Waals surface area contributed by atoms with Gasteiger partial charge in [0, 0.05) is 17.8 Å². The van der Waals surface area contributed by atoms with Crippen molar-refractivity contribution < 1.29 is 4.79 Å². The van der Waals surface area contributed by atoms with Gasteiger partial charge in [-0.15, -0.1) is 0 Å². The molecule has 0 saturated heterocycles. The van der Waals surface area contributed by atoms with Crippen LogP contribution in [0.1, 0.15) is 23.9 Å². The highest BCUT2D eigenvalue weighted by atomic mass is 16.1. The molecule has 0 bridgehead atoms. The van der Waals surface area contributed by atoms with Crippen LogP contribution in [0.25, 0.3) is 16.7 Å². The first kappa shape index (κ1) is 18.0. The van der Waals surface area contributed by atoms with Gasteiger partial charge in [-0.1, -0.05) is 30.3 Å². The van der Waals surface area contributed by atoms with Gasteiger partial charge < -0.3 is 4.57 Å². The zero-order valence-corrected chi connectivity index (χ0v) is 16.3. The topological polar surface area (TPSA) is 64.7 Å². The molecule has 0 aliphatic carbocycles. The molecular formula is C22H23N5O. The Morgan fingerprint density at radius 3 is 2.50 bits per heavy atom. The van der Waals surface area contributed by atoms with Crippen LogP contribution in [0.5, 0.6) is 0 Å². The first-order chi connectivity index (χ1) is 13.6. The molecule has 1 N–H and O–H groups in total. The van der Waals surface area contributed by atoms with Gasteiger partial charge in [0.2, 0.25) is 11.9 Å². The Hall–Kier alpha value is -3.41. The van der Waals surface area contributed by atoms with Crippen LogP contribution in [0.2, 0.25) is 0 Å². The summed E-state index contributed by atoms with van der Waals surface area (Å²) in [7, 11) is 0. The highest BCUT2D eigenvalue weighted by molar-refractivity contribution is 5.93. The second-order valence-electron chi connectivity index (χ2n) is 6.79. The number of anilines is 1. The standard InChI is InChI=1S/C22H23N5O/c1-4-26-20-13-9-8-12-19(20)23-22(26)24-21(28)14-18-15(2)25-27(16(18)3)17-10-6-5-7-11-17/h5-13H,4,14H2,1-3H3,(H,23,24,28). The van der Waals surface area contributed by atoms with Crippen molar-refractivity contribution in [3.63, 3.8) is 0 Å². The number of carbonyl (C=O) groups excluding carboxylic acids is 1. The van der Waals surface area contributed by atoms with Crippen LogP contribution in [0.3, 0.4) is 0 Å². The molecule has 0 spiro atoms. The van der Waals surface area contributed by atoms with E-state index < -0.39 is 0 Å². The third kappa shape index (κ3) is 3.17. The Balaban J connectivity index is 1.59. The lowest BCUT2D eigenvalue weighted by atomic mass is 10.1. The van der Waals surface area contributed by atoms with E-state index in [1.165, 1.54) is 0 Å². The number of imidazole rings is 1. The molecule has 142 valence electrons. The molecule has 0 fully saturated rings. The van der Waals surface area contributed by atoms with Gasteiger partial charge in [-0.05, 0) is 45.0 Å². The molecule has 2 heterocycles. The SMILES string of the molecule is CCn1c(NC(=O)Cc2c(C)nn(-c3ccccc3)c2C)nc2ccccc21. The highest BCUT2D eigenvalue weighted by Crippen LogP contribution is 2.21. The molecule has 2 aromatic heterocycles. The summed E-state index contributed by atoms with van der Waals surface area (Å²) in [6.45, 7) is 6.72. The Kier molecular flexibility index (Phi) is 4.69. The van der Waals surface area contributed by atoms with E-state index in [0.29, 0.717) is 5.95 Å². The second-order valence-corrected chi connectivity index (χ2v) is 6.79. The van der Waals surface area contributed by atoms with Gasteiger partial charge in [0.25, 0.3) is 0 Å². The van der Waals surface area contributed by atoms with E-state index in [2.05, 4.69) is 15.4 Å². The fourth-order valence-electron chi connectivity index (χ4n) is 3.57. The average Bonchev–Trinajstić information content (AvgIpc) is 3.20. The summed E-state index contributed by atoms with van der Waals surface area (Å²) in [4.78, 5) is 17.3. The highest BCUT2D eigenvalue weighted by Gasteiger charge is 2.18. The van der Waals surface area contributed by atoms with Crippen molar-refractivity contribution in [1.82, 2.24) is 19.3 Å². The molecule has 2 aromatic carbocycles. The van der Waals surface area contributed by atoms with Gasteiger partial charge in [0.15, 0.2) is 0 Å². The molecule has 4 aromatic rings. The quantitative estimate of drug-likeness (QED) is 0.574. The predicted molar refractivity (Wildman–Crippen MR) is 111 cm³/mol. The van der Waals surface area contributed by atoms with E-state index in [4.69, 9.17) is 0 Å². The molecule has 6 heteroatoms. The number of aromatic nitrogens is 4. The maximum Gasteiger partial charge on any atom is 0.231 e. The first-order valence-corrected chi connectivity index (χ1v) is 9.44. The summed E-state index contributed by atoms with van der Waals surface area (Å²) in [6.07, 6.45) is 0.261. The Bertz CT molecular complexity index is 1140. The molecule has 0 unspecified atom stereocenters. The van der Waals surface area contributed by atoms with E-state index in [0.717, 1.165) is 40.2 Å². The van der Waals surface area contributed by atoms with Crippen molar-refractivity contribution in [3.8, 4) is 5.69 Å². The van der Waals surface area contributed by atoms with Crippen molar-refractivity contribution in [2.75, 3.05) is 5.32 Å². The van der Waals surface area contributed by atoms with E-state index >= 15 is 0 Å². The molecule has 1 amide bonds. The lowest BCUT2D eigenvalue weighted by Crippen LogP contribution is -2.18. The normalized spacial score (nSPS) is 11.1. The fourth-order valence-corrected chi connectivity index (χ4v) is 3.57. The number of para-hydroxylation sites is 3. The zero-order chi connectivity index (χ0) is 19.7. The van der Waals surface area contributed by atoms with Crippen molar-refractivity contribution >= 4 is 22.9 Å². The molecule has 6 nitrogen and oxygen atoms in total. The van der Waals surface area contributed by atoms with Crippen molar-refractivity contribution in [3.05, 3.63) is 71.5 Å². The largest absolute Gasteiger partial charge is 0.310 e. The number of rotatable bonds is 5. The van der Waals surface area contributed by atoms with Crippen LogP contribution >= 0.6 is 0 Å². The van der Waals surface area contributed by atoms with E-state index in [-0.39, 0.29) is 12.3 Å². The summed E-state index contributed by atoms with van der Waals surface area (Å²) in [5.74, 6) is 0.489. The molecule has 0 radical (unpaired) electrons. The maximum absolute atomic E-state index is 12.8. The lowest BCUT2D eigenvalue weighted by molar-refractivity contribution is -0.115. The number of benzene rings is 2. The number of aryl methyl sites for hydroxylation is 2. The summed E-state index contributed by atoms with van der Waals surface area (Å²) in [6, 6.07) is 17.8. The minimum atomic E-state index is -0.0937. The molecule has 4 rings (SSSR count). The Morgan fingerprint density at radius 2 is 1.75 bits per heavy atom. The third-order valence-electron chi connectivity index (χ3n) is 5.00. The van der Waals surface area contributed by atoms with Crippen LogP contribution in [-0.2, 0) is 17.8 Å². The van der Waals surface area contributed by atoms with Gasteiger partial charge in [0.05, 0.1) is 28.8 Å². The van der Waals surface area contributed by atoms with Gasteiger partial charge in [-0.25, -0.2) is 9.67 Å². The van der Waals surface area contributed by atoms with Crippen LogP contribution in [-0.4, -0.2) is 25.2 Å². The van der Waals surface area contributed by atoms with Crippen molar-refractivity contribution in [2.45, 2.75) is 33.7 Å². The fraction of sp³-hybridized carbons (Fsp3) is 0.227.